The second-order valence-corrected chi connectivity index (χ2v) is 8.03. The van der Waals surface area contributed by atoms with E-state index in [0.717, 1.165) is 5.56 Å². The molecule has 2 heterocycles. The minimum absolute atomic E-state index is 0.0102. The number of halogens is 2. The molecule has 9 heteroatoms. The van der Waals surface area contributed by atoms with Crippen LogP contribution >= 0.6 is 0 Å². The van der Waals surface area contributed by atoms with Crippen LogP contribution in [0.4, 0.5) is 8.78 Å². The van der Waals surface area contributed by atoms with E-state index in [1.54, 1.807) is 19.1 Å². The van der Waals surface area contributed by atoms with Crippen LogP contribution in [0.2, 0.25) is 0 Å². The van der Waals surface area contributed by atoms with Crippen molar-refractivity contribution in [2.24, 2.45) is 5.16 Å². The van der Waals surface area contributed by atoms with Crippen LogP contribution in [0.15, 0.2) is 47.6 Å². The smallest absolute Gasteiger partial charge is 0.340 e. The molecule has 2 aromatic carbocycles. The molecule has 1 atom stereocenters. The minimum atomic E-state index is -1.26. The Balaban J connectivity index is 1.56. The molecule has 0 spiro atoms. The van der Waals surface area contributed by atoms with Gasteiger partial charge in [-0.3, -0.25) is 4.98 Å². The van der Waals surface area contributed by atoms with Gasteiger partial charge in [0.2, 0.25) is 0 Å². The van der Waals surface area contributed by atoms with E-state index >= 15 is 4.39 Å². The third-order valence-corrected chi connectivity index (χ3v) is 5.60. The molecule has 34 heavy (non-hydrogen) atoms. The van der Waals surface area contributed by atoms with Crippen molar-refractivity contribution in [3.05, 3.63) is 87.7 Å². The number of aliphatic hydroxyl groups is 1. The van der Waals surface area contributed by atoms with Crippen LogP contribution < -0.4 is 4.74 Å². The summed E-state index contributed by atoms with van der Waals surface area (Å²) in [5, 5.41) is 24.5. The quantitative estimate of drug-likeness (QED) is 0.508. The van der Waals surface area contributed by atoms with Crippen molar-refractivity contribution in [3.63, 3.8) is 0 Å². The Morgan fingerprint density at radius 3 is 2.56 bits per heavy atom. The molecule has 1 aromatic heterocycles. The van der Waals surface area contributed by atoms with Crippen LogP contribution in [-0.2, 0) is 16.1 Å². The number of rotatable bonds is 7. The molecule has 0 amide bonds. The molecule has 0 aliphatic carbocycles. The first-order chi connectivity index (χ1) is 16.2. The highest BCUT2D eigenvalue weighted by Gasteiger charge is 2.21. The number of carbonyl (C=O) groups excluding carboxylic acids is 1. The molecule has 3 aromatic rings. The lowest BCUT2D eigenvalue weighted by atomic mass is 9.96. The predicted octanol–water partition coefficient (Wildman–Crippen LogP) is 4.04. The van der Waals surface area contributed by atoms with E-state index in [2.05, 4.69) is 15.0 Å². The van der Waals surface area contributed by atoms with E-state index in [1.165, 1.54) is 30.3 Å². The first-order valence-electron chi connectivity index (χ1n) is 10.5. The van der Waals surface area contributed by atoms with E-state index in [0.29, 0.717) is 28.1 Å². The molecule has 176 valence electrons. The van der Waals surface area contributed by atoms with Gasteiger partial charge in [0.25, 0.3) is 0 Å². The van der Waals surface area contributed by atoms with Gasteiger partial charge in [0.05, 0.1) is 6.42 Å². The zero-order valence-corrected chi connectivity index (χ0v) is 18.5. The van der Waals surface area contributed by atoms with E-state index in [4.69, 9.17) is 4.74 Å². The first kappa shape index (κ1) is 23.3. The predicted molar refractivity (Wildman–Crippen MR) is 119 cm³/mol. The number of ether oxygens (including phenoxy) is 1. The number of aromatic nitrogens is 1. The Morgan fingerprint density at radius 2 is 1.88 bits per heavy atom. The zero-order valence-electron chi connectivity index (χ0n) is 18.5. The number of aliphatic hydroxyl groups excluding tert-OH is 1. The third kappa shape index (κ3) is 4.89. The van der Waals surface area contributed by atoms with Crippen LogP contribution in [0.5, 0.6) is 11.5 Å². The fraction of sp³-hybridized carbons (Fsp3) is 0.240. The third-order valence-electron chi connectivity index (χ3n) is 5.60. The summed E-state index contributed by atoms with van der Waals surface area (Å²) in [4.78, 5) is 20.0. The second-order valence-electron chi connectivity index (χ2n) is 8.03. The Labute approximate surface area is 194 Å². The molecule has 4 rings (SSSR count). The summed E-state index contributed by atoms with van der Waals surface area (Å²) < 4.78 is 33.7. The summed E-state index contributed by atoms with van der Waals surface area (Å²) in [6.45, 7) is 3.37. The molecule has 0 fully saturated rings. The first-order valence-corrected chi connectivity index (χ1v) is 10.5. The Kier molecular flexibility index (Phi) is 6.56. The highest BCUT2D eigenvalue weighted by Crippen LogP contribution is 2.31. The molecular formula is C25H22F2N2O5. The van der Waals surface area contributed by atoms with Crippen molar-refractivity contribution >= 4 is 11.7 Å². The van der Waals surface area contributed by atoms with Gasteiger partial charge < -0.3 is 19.8 Å². The molecule has 2 N–H and O–H groups in total. The summed E-state index contributed by atoms with van der Waals surface area (Å²) >= 11 is 0. The normalized spacial score (nSPS) is 14.0. The topological polar surface area (TPSA) is 101 Å². The largest absolute Gasteiger partial charge is 0.506 e. The number of carbonyl (C=O) groups is 1. The van der Waals surface area contributed by atoms with Gasteiger partial charge in [0.1, 0.15) is 35.7 Å². The summed E-state index contributed by atoms with van der Waals surface area (Å²) in [6, 6.07) is 9.81. The molecule has 0 bridgehead atoms. The van der Waals surface area contributed by atoms with Gasteiger partial charge in [-0.25, -0.2) is 13.6 Å². The van der Waals surface area contributed by atoms with Gasteiger partial charge in [-0.15, -0.1) is 0 Å². The van der Waals surface area contributed by atoms with E-state index in [-0.39, 0.29) is 36.6 Å². The zero-order chi connectivity index (χ0) is 24.4. The van der Waals surface area contributed by atoms with E-state index in [1.807, 2.05) is 6.92 Å². The molecule has 1 aliphatic rings. The summed E-state index contributed by atoms with van der Waals surface area (Å²) in [5.74, 6) is -1.64. The number of aromatic hydroxyl groups is 1. The van der Waals surface area contributed by atoms with Crippen molar-refractivity contribution in [2.45, 2.75) is 32.8 Å². The SMILES string of the molecule is Cc1cc(OCC2=NOC(=O)C2)c(F)c(C)c1Cc1ccc(O)c(C(O)c2ccc(F)cc2)n1. The molecule has 0 saturated heterocycles. The maximum Gasteiger partial charge on any atom is 0.340 e. The van der Waals surface area contributed by atoms with E-state index in [9.17, 15) is 19.4 Å². The van der Waals surface area contributed by atoms with Gasteiger partial charge >= 0.3 is 5.97 Å². The van der Waals surface area contributed by atoms with Crippen LogP contribution in [0.25, 0.3) is 0 Å². The number of hydrogen-bond acceptors (Lipinski definition) is 7. The lowest BCUT2D eigenvalue weighted by Gasteiger charge is -2.17. The minimum Gasteiger partial charge on any atom is -0.506 e. The number of hydrogen-bond donors (Lipinski definition) is 2. The van der Waals surface area contributed by atoms with Gasteiger partial charge in [0.15, 0.2) is 11.6 Å². The van der Waals surface area contributed by atoms with Gasteiger partial charge in [0, 0.05) is 12.1 Å². The van der Waals surface area contributed by atoms with Crippen LogP contribution in [-0.4, -0.2) is 33.5 Å². The molecule has 7 nitrogen and oxygen atoms in total. The molecule has 1 unspecified atom stereocenters. The Morgan fingerprint density at radius 1 is 1.15 bits per heavy atom. The lowest BCUT2D eigenvalue weighted by molar-refractivity contribution is -0.140. The second kappa shape index (κ2) is 9.56. The van der Waals surface area contributed by atoms with Crippen molar-refractivity contribution in [1.29, 1.82) is 0 Å². The van der Waals surface area contributed by atoms with Crippen molar-refractivity contribution in [1.82, 2.24) is 4.98 Å². The molecule has 0 saturated carbocycles. The number of aryl methyl sites for hydroxylation is 1. The van der Waals surface area contributed by atoms with Crippen LogP contribution in [0.3, 0.4) is 0 Å². The van der Waals surface area contributed by atoms with Gasteiger partial charge in [-0.1, -0.05) is 17.3 Å². The van der Waals surface area contributed by atoms with Crippen LogP contribution in [0, 0.1) is 25.5 Å². The number of pyridine rings is 1. The van der Waals surface area contributed by atoms with Crippen molar-refractivity contribution in [3.8, 4) is 11.5 Å². The van der Waals surface area contributed by atoms with E-state index < -0.39 is 23.7 Å². The maximum absolute atomic E-state index is 15.0. The highest BCUT2D eigenvalue weighted by molar-refractivity contribution is 6.02. The Bertz CT molecular complexity index is 1280. The van der Waals surface area contributed by atoms with Gasteiger partial charge in [-0.2, -0.15) is 0 Å². The lowest BCUT2D eigenvalue weighted by Crippen LogP contribution is -2.12. The fourth-order valence-electron chi connectivity index (χ4n) is 3.72. The van der Waals surface area contributed by atoms with Crippen LogP contribution in [0.1, 0.15) is 46.2 Å². The number of benzene rings is 2. The van der Waals surface area contributed by atoms with Crippen molar-refractivity contribution in [2.75, 3.05) is 6.61 Å². The summed E-state index contributed by atoms with van der Waals surface area (Å²) in [5.41, 5.74) is 3.08. The number of nitrogens with zero attached hydrogens (tertiary/aromatic N) is 2. The summed E-state index contributed by atoms with van der Waals surface area (Å²) in [6.07, 6.45) is -1.01. The Hall–Kier alpha value is -3.85. The summed E-state index contributed by atoms with van der Waals surface area (Å²) in [7, 11) is 0. The molecule has 1 aliphatic heterocycles. The fourth-order valence-corrected chi connectivity index (χ4v) is 3.72. The average molecular weight is 468 g/mol. The number of oxime groups is 1. The maximum atomic E-state index is 15.0. The van der Waals surface area contributed by atoms with Gasteiger partial charge in [-0.05, 0) is 66.4 Å². The monoisotopic (exact) mass is 468 g/mol. The average Bonchev–Trinajstić information content (AvgIpc) is 3.24. The standard InChI is InChI=1S/C25H22F2N2O5/c1-13-9-21(33-12-18-11-22(31)34-29-18)23(27)14(2)19(13)10-17-7-8-20(30)24(28-17)25(32)15-3-5-16(26)6-4-15/h3-9,25,30,32H,10-12H2,1-2H3. The molecular weight excluding hydrogens is 446 g/mol. The molecule has 0 radical (unpaired) electrons. The highest BCUT2D eigenvalue weighted by atomic mass is 19.1. The van der Waals surface area contributed by atoms with Crippen molar-refractivity contribution < 1.29 is 33.4 Å².